The molecule has 0 bridgehead atoms. The first kappa shape index (κ1) is 13.3. The summed E-state index contributed by atoms with van der Waals surface area (Å²) in [7, 11) is 0. The number of phenols is 2. The third-order valence-electron chi connectivity index (χ3n) is 2.42. The lowest BCUT2D eigenvalue weighted by Gasteiger charge is -2.21. The first-order chi connectivity index (χ1) is 8.11. The molecule has 0 heterocycles. The Bertz CT molecular complexity index is 387. The van der Waals surface area contributed by atoms with E-state index in [0.717, 1.165) is 6.42 Å². The minimum Gasteiger partial charge on any atom is -0.504 e. The fraction of sp³-hybridized carbons (Fsp3) is 0.417. The number of nitrogens with zero attached hydrogens (tertiary/aromatic N) is 1. The Labute approximate surface area is 100 Å². The molecular formula is C12H18N2O3. The highest BCUT2D eigenvalue weighted by molar-refractivity contribution is 5.97. The summed E-state index contributed by atoms with van der Waals surface area (Å²) in [5, 5.41) is 19.0. The van der Waals surface area contributed by atoms with E-state index >= 15 is 0 Å². The Kier molecular flexibility index (Phi) is 4.78. The summed E-state index contributed by atoms with van der Waals surface area (Å²) in [4.78, 5) is 13.7. The maximum atomic E-state index is 12.1. The number of rotatable bonds is 5. The molecule has 0 saturated heterocycles. The molecule has 0 atom stereocenters. The number of carbonyl (C=O) groups is 1. The predicted octanol–water partition coefficient (Wildman–Crippen LogP) is 0.909. The van der Waals surface area contributed by atoms with E-state index in [0.29, 0.717) is 19.6 Å². The van der Waals surface area contributed by atoms with Crippen molar-refractivity contribution in [2.75, 3.05) is 19.6 Å². The smallest absolute Gasteiger partial charge is 0.257 e. The van der Waals surface area contributed by atoms with Gasteiger partial charge in [0, 0.05) is 19.6 Å². The van der Waals surface area contributed by atoms with Gasteiger partial charge in [0.15, 0.2) is 11.5 Å². The van der Waals surface area contributed by atoms with Crippen molar-refractivity contribution in [3.8, 4) is 11.5 Å². The Hall–Kier alpha value is -1.75. The SMILES string of the molecule is CCCN(CCN)C(=O)c1cccc(O)c1O. The first-order valence-electron chi connectivity index (χ1n) is 5.62. The van der Waals surface area contributed by atoms with E-state index < -0.39 is 0 Å². The molecule has 0 aliphatic carbocycles. The third kappa shape index (κ3) is 3.10. The van der Waals surface area contributed by atoms with E-state index in [1.807, 2.05) is 6.92 Å². The van der Waals surface area contributed by atoms with E-state index in [1.165, 1.54) is 18.2 Å². The second-order valence-corrected chi connectivity index (χ2v) is 3.75. The van der Waals surface area contributed by atoms with E-state index in [9.17, 15) is 15.0 Å². The van der Waals surface area contributed by atoms with Crippen LogP contribution in [0.1, 0.15) is 23.7 Å². The van der Waals surface area contributed by atoms with Gasteiger partial charge in [-0.25, -0.2) is 0 Å². The van der Waals surface area contributed by atoms with Crippen LogP contribution < -0.4 is 5.73 Å². The molecule has 94 valence electrons. The molecule has 0 aromatic heterocycles. The zero-order chi connectivity index (χ0) is 12.8. The van der Waals surface area contributed by atoms with Crippen LogP contribution in [0, 0.1) is 0 Å². The second kappa shape index (κ2) is 6.10. The molecule has 0 spiro atoms. The van der Waals surface area contributed by atoms with Gasteiger partial charge in [0.25, 0.3) is 5.91 Å². The zero-order valence-corrected chi connectivity index (χ0v) is 9.89. The average molecular weight is 238 g/mol. The molecule has 5 heteroatoms. The van der Waals surface area contributed by atoms with Gasteiger partial charge >= 0.3 is 0 Å². The average Bonchev–Trinajstić information content (AvgIpc) is 2.31. The van der Waals surface area contributed by atoms with Crippen LogP contribution in [0.4, 0.5) is 0 Å². The number of phenolic OH excluding ortho intramolecular Hbond substituents is 2. The molecular weight excluding hydrogens is 220 g/mol. The predicted molar refractivity (Wildman–Crippen MR) is 65.0 cm³/mol. The topological polar surface area (TPSA) is 86.8 Å². The highest BCUT2D eigenvalue weighted by Gasteiger charge is 2.19. The van der Waals surface area contributed by atoms with Crippen molar-refractivity contribution in [2.45, 2.75) is 13.3 Å². The molecule has 1 amide bonds. The number of para-hydroxylation sites is 1. The number of amides is 1. The fourth-order valence-electron chi connectivity index (χ4n) is 1.61. The van der Waals surface area contributed by atoms with Gasteiger partial charge in [0.05, 0.1) is 5.56 Å². The molecule has 0 saturated carbocycles. The Morgan fingerprint density at radius 2 is 2.06 bits per heavy atom. The summed E-state index contributed by atoms with van der Waals surface area (Å²) in [6.45, 7) is 3.33. The summed E-state index contributed by atoms with van der Waals surface area (Å²) >= 11 is 0. The third-order valence-corrected chi connectivity index (χ3v) is 2.42. The molecule has 0 radical (unpaired) electrons. The van der Waals surface area contributed by atoms with Gasteiger partial charge < -0.3 is 20.8 Å². The van der Waals surface area contributed by atoms with Gasteiger partial charge in [-0.1, -0.05) is 13.0 Å². The summed E-state index contributed by atoms with van der Waals surface area (Å²) in [6, 6.07) is 4.34. The van der Waals surface area contributed by atoms with Crippen LogP contribution in [0.2, 0.25) is 0 Å². The lowest BCUT2D eigenvalue weighted by molar-refractivity contribution is 0.0756. The quantitative estimate of drug-likeness (QED) is 0.665. The maximum Gasteiger partial charge on any atom is 0.257 e. The first-order valence-corrected chi connectivity index (χ1v) is 5.62. The lowest BCUT2D eigenvalue weighted by atomic mass is 10.1. The number of aromatic hydroxyl groups is 2. The minimum absolute atomic E-state index is 0.104. The molecule has 0 fully saturated rings. The minimum atomic E-state index is -0.379. The second-order valence-electron chi connectivity index (χ2n) is 3.75. The highest BCUT2D eigenvalue weighted by Crippen LogP contribution is 2.29. The summed E-state index contributed by atoms with van der Waals surface area (Å²) < 4.78 is 0. The van der Waals surface area contributed by atoms with Crippen molar-refractivity contribution in [2.24, 2.45) is 5.73 Å². The molecule has 5 nitrogen and oxygen atoms in total. The molecule has 1 rings (SSSR count). The normalized spacial score (nSPS) is 10.2. The van der Waals surface area contributed by atoms with Crippen molar-refractivity contribution < 1.29 is 15.0 Å². The van der Waals surface area contributed by atoms with Crippen LogP contribution in [0.5, 0.6) is 11.5 Å². The number of hydrogen-bond acceptors (Lipinski definition) is 4. The van der Waals surface area contributed by atoms with Crippen LogP contribution in [0.25, 0.3) is 0 Å². The largest absolute Gasteiger partial charge is 0.504 e. The van der Waals surface area contributed by atoms with Gasteiger partial charge in [-0.15, -0.1) is 0 Å². The van der Waals surface area contributed by atoms with Gasteiger partial charge in [0.2, 0.25) is 0 Å². The molecule has 0 aliphatic heterocycles. The van der Waals surface area contributed by atoms with Crippen molar-refractivity contribution in [1.29, 1.82) is 0 Å². The molecule has 0 unspecified atom stereocenters. The van der Waals surface area contributed by atoms with Crippen molar-refractivity contribution in [1.82, 2.24) is 4.90 Å². The van der Waals surface area contributed by atoms with Crippen molar-refractivity contribution in [3.05, 3.63) is 23.8 Å². The number of carbonyl (C=O) groups excluding carboxylic acids is 1. The maximum absolute atomic E-state index is 12.1. The molecule has 4 N–H and O–H groups in total. The Balaban J connectivity index is 2.96. The van der Waals surface area contributed by atoms with E-state index in [-0.39, 0.29) is 23.0 Å². The number of hydrogen-bond donors (Lipinski definition) is 3. The Morgan fingerprint density at radius 3 is 2.65 bits per heavy atom. The Morgan fingerprint density at radius 1 is 1.35 bits per heavy atom. The molecule has 1 aromatic rings. The molecule has 1 aromatic carbocycles. The fourth-order valence-corrected chi connectivity index (χ4v) is 1.61. The summed E-state index contributed by atoms with van der Waals surface area (Å²) in [5.41, 5.74) is 5.54. The standard InChI is InChI=1S/C12H18N2O3/c1-2-7-14(8-6-13)12(17)9-4-3-5-10(15)11(9)16/h3-5,15-16H,2,6-8,13H2,1H3. The molecule has 17 heavy (non-hydrogen) atoms. The van der Waals surface area contributed by atoms with Crippen LogP contribution in [0.15, 0.2) is 18.2 Å². The lowest BCUT2D eigenvalue weighted by Crippen LogP contribution is -2.36. The van der Waals surface area contributed by atoms with Gasteiger partial charge in [-0.05, 0) is 18.6 Å². The number of benzene rings is 1. The summed E-state index contributed by atoms with van der Waals surface area (Å²) in [5.74, 6) is -0.985. The zero-order valence-electron chi connectivity index (χ0n) is 9.89. The van der Waals surface area contributed by atoms with Crippen LogP contribution in [-0.2, 0) is 0 Å². The van der Waals surface area contributed by atoms with E-state index in [4.69, 9.17) is 5.73 Å². The van der Waals surface area contributed by atoms with Crippen molar-refractivity contribution in [3.63, 3.8) is 0 Å². The monoisotopic (exact) mass is 238 g/mol. The van der Waals surface area contributed by atoms with Crippen LogP contribution >= 0.6 is 0 Å². The van der Waals surface area contributed by atoms with Crippen molar-refractivity contribution >= 4 is 5.91 Å². The number of nitrogens with two attached hydrogens (primary N) is 1. The van der Waals surface area contributed by atoms with E-state index in [1.54, 1.807) is 4.90 Å². The van der Waals surface area contributed by atoms with E-state index in [2.05, 4.69) is 0 Å². The van der Waals surface area contributed by atoms with Crippen LogP contribution in [-0.4, -0.2) is 40.7 Å². The summed E-state index contributed by atoms with van der Waals surface area (Å²) in [6.07, 6.45) is 0.811. The van der Waals surface area contributed by atoms with Gasteiger partial charge in [-0.3, -0.25) is 4.79 Å². The molecule has 0 aliphatic rings. The van der Waals surface area contributed by atoms with Gasteiger partial charge in [0.1, 0.15) is 0 Å². The van der Waals surface area contributed by atoms with Crippen LogP contribution in [0.3, 0.4) is 0 Å². The van der Waals surface area contributed by atoms with Gasteiger partial charge in [-0.2, -0.15) is 0 Å². The highest BCUT2D eigenvalue weighted by atomic mass is 16.3.